The van der Waals surface area contributed by atoms with Gasteiger partial charge in [-0.05, 0) is 55.0 Å². The molecular formula is C12H20BrN3O2S2. The third kappa shape index (κ3) is 3.26. The standard InChI is InChI=1S/C12H20BrN3O2S2/c1-15-5-3-9(4-6-15)16(2)20(17,18)11-7-10(8-14)19-12(11)13/h7,9H,3-6,8,14H2,1-2H3. The highest BCUT2D eigenvalue weighted by molar-refractivity contribution is 9.11. The van der Waals surface area contributed by atoms with E-state index >= 15 is 0 Å². The van der Waals surface area contributed by atoms with Gasteiger partial charge in [0, 0.05) is 24.5 Å². The fraction of sp³-hybridized carbons (Fsp3) is 0.667. The molecule has 0 aliphatic carbocycles. The molecule has 1 fully saturated rings. The van der Waals surface area contributed by atoms with E-state index in [0.717, 1.165) is 30.8 Å². The van der Waals surface area contributed by atoms with Crippen molar-refractivity contribution in [2.45, 2.75) is 30.3 Å². The highest BCUT2D eigenvalue weighted by Crippen LogP contribution is 2.34. The molecule has 0 unspecified atom stereocenters. The van der Waals surface area contributed by atoms with Crippen LogP contribution in [-0.2, 0) is 16.6 Å². The molecule has 1 aromatic heterocycles. The Balaban J connectivity index is 2.22. The molecule has 2 heterocycles. The third-order valence-corrected chi connectivity index (χ3v) is 7.95. The van der Waals surface area contributed by atoms with Crippen molar-refractivity contribution in [1.29, 1.82) is 0 Å². The first-order chi connectivity index (χ1) is 9.36. The minimum atomic E-state index is -3.45. The smallest absolute Gasteiger partial charge is 0.245 e. The van der Waals surface area contributed by atoms with E-state index in [-0.39, 0.29) is 6.04 Å². The summed E-state index contributed by atoms with van der Waals surface area (Å²) in [6.07, 6.45) is 1.75. The molecule has 114 valence electrons. The predicted octanol–water partition coefficient (Wildman–Crippen LogP) is 1.68. The van der Waals surface area contributed by atoms with Crippen molar-refractivity contribution >= 4 is 37.3 Å². The van der Waals surface area contributed by atoms with Crippen LogP contribution in [0.2, 0.25) is 0 Å². The molecule has 0 spiro atoms. The maximum absolute atomic E-state index is 12.7. The predicted molar refractivity (Wildman–Crippen MR) is 85.4 cm³/mol. The van der Waals surface area contributed by atoms with Crippen molar-refractivity contribution in [2.24, 2.45) is 5.73 Å². The van der Waals surface area contributed by atoms with Crippen molar-refractivity contribution in [3.05, 3.63) is 14.7 Å². The van der Waals surface area contributed by atoms with E-state index in [1.807, 2.05) is 0 Å². The van der Waals surface area contributed by atoms with Crippen molar-refractivity contribution in [1.82, 2.24) is 9.21 Å². The van der Waals surface area contributed by atoms with Crippen LogP contribution in [0, 0.1) is 0 Å². The zero-order valence-corrected chi connectivity index (χ0v) is 14.9. The van der Waals surface area contributed by atoms with Crippen LogP contribution in [-0.4, -0.2) is 50.8 Å². The lowest BCUT2D eigenvalue weighted by molar-refractivity contribution is 0.197. The van der Waals surface area contributed by atoms with Gasteiger partial charge in [-0.1, -0.05) is 0 Å². The number of sulfonamides is 1. The van der Waals surface area contributed by atoms with E-state index in [2.05, 4.69) is 27.9 Å². The van der Waals surface area contributed by atoms with Gasteiger partial charge < -0.3 is 10.6 Å². The lowest BCUT2D eigenvalue weighted by Crippen LogP contribution is -2.44. The van der Waals surface area contributed by atoms with E-state index in [1.165, 1.54) is 15.6 Å². The van der Waals surface area contributed by atoms with E-state index in [0.29, 0.717) is 15.2 Å². The Bertz CT molecular complexity index is 565. The van der Waals surface area contributed by atoms with Crippen molar-refractivity contribution in [3.8, 4) is 0 Å². The van der Waals surface area contributed by atoms with Gasteiger partial charge in [0.25, 0.3) is 0 Å². The van der Waals surface area contributed by atoms with Crippen LogP contribution in [0.15, 0.2) is 14.7 Å². The average Bonchev–Trinajstić information content (AvgIpc) is 2.81. The summed E-state index contributed by atoms with van der Waals surface area (Å²) < 4.78 is 27.6. The van der Waals surface area contributed by atoms with Crippen molar-refractivity contribution in [2.75, 3.05) is 27.2 Å². The van der Waals surface area contributed by atoms with Gasteiger partial charge in [-0.25, -0.2) is 8.42 Å². The zero-order chi connectivity index (χ0) is 14.9. The van der Waals surface area contributed by atoms with Crippen LogP contribution in [0.5, 0.6) is 0 Å². The van der Waals surface area contributed by atoms with Crippen LogP contribution in [0.25, 0.3) is 0 Å². The Hall–Kier alpha value is 0.01000. The maximum atomic E-state index is 12.7. The number of nitrogens with two attached hydrogens (primary N) is 1. The fourth-order valence-corrected chi connectivity index (χ4v) is 6.31. The summed E-state index contributed by atoms with van der Waals surface area (Å²) in [7, 11) is 0.288. The van der Waals surface area contributed by atoms with Gasteiger partial charge in [-0.2, -0.15) is 4.31 Å². The Kier molecular flexibility index (Phi) is 5.25. The molecule has 5 nitrogen and oxygen atoms in total. The molecule has 0 radical (unpaired) electrons. The second kappa shape index (κ2) is 6.41. The van der Waals surface area contributed by atoms with Crippen molar-refractivity contribution < 1.29 is 8.42 Å². The van der Waals surface area contributed by atoms with Crippen LogP contribution in [0.3, 0.4) is 0 Å². The van der Waals surface area contributed by atoms with E-state index in [4.69, 9.17) is 5.73 Å². The number of thiophene rings is 1. The van der Waals surface area contributed by atoms with Crippen LogP contribution in [0.1, 0.15) is 17.7 Å². The first kappa shape index (κ1) is 16.4. The minimum Gasteiger partial charge on any atom is -0.326 e. The highest BCUT2D eigenvalue weighted by Gasteiger charge is 2.32. The molecule has 1 aromatic rings. The Morgan fingerprint density at radius 3 is 2.60 bits per heavy atom. The van der Waals surface area contributed by atoms with Gasteiger partial charge >= 0.3 is 0 Å². The first-order valence-electron chi connectivity index (χ1n) is 6.51. The first-order valence-corrected chi connectivity index (χ1v) is 9.56. The van der Waals surface area contributed by atoms with Gasteiger partial charge in [-0.15, -0.1) is 11.3 Å². The van der Waals surface area contributed by atoms with E-state index in [9.17, 15) is 8.42 Å². The lowest BCUT2D eigenvalue weighted by atomic mass is 10.1. The summed E-state index contributed by atoms with van der Waals surface area (Å²) in [5.41, 5.74) is 5.59. The number of halogens is 1. The molecule has 1 aliphatic rings. The summed E-state index contributed by atoms with van der Waals surface area (Å²) in [4.78, 5) is 3.43. The number of hydrogen-bond donors (Lipinski definition) is 1. The summed E-state index contributed by atoms with van der Waals surface area (Å²) in [5.74, 6) is 0. The molecular weight excluding hydrogens is 362 g/mol. The number of piperidine rings is 1. The van der Waals surface area contributed by atoms with E-state index < -0.39 is 10.0 Å². The monoisotopic (exact) mass is 381 g/mol. The summed E-state index contributed by atoms with van der Waals surface area (Å²) >= 11 is 4.73. The van der Waals surface area contributed by atoms with Crippen molar-refractivity contribution in [3.63, 3.8) is 0 Å². The number of likely N-dealkylation sites (tertiary alicyclic amines) is 1. The summed E-state index contributed by atoms with van der Waals surface area (Å²) in [6, 6.07) is 1.75. The molecule has 0 bridgehead atoms. The van der Waals surface area contributed by atoms with Gasteiger partial charge in [0.15, 0.2) is 0 Å². The molecule has 2 rings (SSSR count). The van der Waals surface area contributed by atoms with Crippen LogP contribution >= 0.6 is 27.3 Å². The topological polar surface area (TPSA) is 66.6 Å². The van der Waals surface area contributed by atoms with Crippen LogP contribution in [0.4, 0.5) is 0 Å². The molecule has 20 heavy (non-hydrogen) atoms. The SMILES string of the molecule is CN1CCC(N(C)S(=O)(=O)c2cc(CN)sc2Br)CC1. The Morgan fingerprint density at radius 2 is 2.10 bits per heavy atom. The average molecular weight is 382 g/mol. The largest absolute Gasteiger partial charge is 0.326 e. The number of rotatable bonds is 4. The molecule has 0 amide bonds. The molecule has 0 aromatic carbocycles. The minimum absolute atomic E-state index is 0.0735. The second-order valence-corrected chi connectivity index (χ2v) is 9.53. The van der Waals surface area contributed by atoms with E-state index in [1.54, 1.807) is 13.1 Å². The molecule has 2 N–H and O–H groups in total. The summed E-state index contributed by atoms with van der Waals surface area (Å²) in [5, 5.41) is 0. The summed E-state index contributed by atoms with van der Waals surface area (Å²) in [6.45, 7) is 2.23. The molecule has 0 atom stereocenters. The Labute approximate surface area is 132 Å². The van der Waals surface area contributed by atoms with Gasteiger partial charge in [0.1, 0.15) is 4.90 Å². The van der Waals surface area contributed by atoms with Gasteiger partial charge in [0.2, 0.25) is 10.0 Å². The third-order valence-electron chi connectivity index (χ3n) is 3.77. The highest BCUT2D eigenvalue weighted by atomic mass is 79.9. The van der Waals surface area contributed by atoms with Gasteiger partial charge in [-0.3, -0.25) is 0 Å². The van der Waals surface area contributed by atoms with Crippen LogP contribution < -0.4 is 5.73 Å². The normalized spacial score (nSPS) is 18.9. The molecule has 1 aliphatic heterocycles. The molecule has 0 saturated carbocycles. The van der Waals surface area contributed by atoms with Gasteiger partial charge in [0.05, 0.1) is 3.79 Å². The quantitative estimate of drug-likeness (QED) is 0.861. The number of nitrogens with zero attached hydrogens (tertiary/aromatic N) is 2. The molecule has 1 saturated heterocycles. The Morgan fingerprint density at radius 1 is 1.50 bits per heavy atom. The number of hydrogen-bond acceptors (Lipinski definition) is 5. The maximum Gasteiger partial charge on any atom is 0.245 e. The molecule has 8 heteroatoms. The lowest BCUT2D eigenvalue weighted by Gasteiger charge is -2.34. The fourth-order valence-electron chi connectivity index (χ4n) is 2.38. The zero-order valence-electron chi connectivity index (χ0n) is 11.7. The second-order valence-electron chi connectivity index (χ2n) is 5.11.